The molecule has 1 fully saturated rings. The average molecular weight is 214 g/mol. The fourth-order valence-electron chi connectivity index (χ4n) is 2.20. The van der Waals surface area contributed by atoms with Crippen LogP contribution in [0.15, 0.2) is 0 Å². The molecule has 0 aromatic heterocycles. The molecular formula is C12H26N2O. The Morgan fingerprint density at radius 3 is 2.53 bits per heavy atom. The topological polar surface area (TPSA) is 44.3 Å². The molecule has 90 valence electrons. The number of aliphatic hydroxyl groups excluding tert-OH is 1. The van der Waals surface area contributed by atoms with Gasteiger partial charge in [0, 0.05) is 25.2 Å². The maximum atomic E-state index is 8.99. The molecule has 1 aliphatic rings. The normalized spacial score (nSPS) is 20.4. The molecule has 0 heterocycles. The van der Waals surface area contributed by atoms with Crippen LogP contribution in [0.5, 0.6) is 0 Å². The highest BCUT2D eigenvalue weighted by atomic mass is 16.3. The fourth-order valence-corrected chi connectivity index (χ4v) is 2.20. The van der Waals surface area contributed by atoms with Gasteiger partial charge in [0.1, 0.15) is 0 Å². The third-order valence-electron chi connectivity index (χ3n) is 3.31. The lowest BCUT2D eigenvalue weighted by Crippen LogP contribution is -2.40. The first-order chi connectivity index (χ1) is 7.36. The summed E-state index contributed by atoms with van der Waals surface area (Å²) in [5, 5.41) is 15.9. The van der Waals surface area contributed by atoms with Crippen molar-refractivity contribution in [3.63, 3.8) is 0 Å². The van der Waals surface area contributed by atoms with Crippen LogP contribution in [0, 0.1) is 0 Å². The van der Waals surface area contributed by atoms with Crippen LogP contribution in [-0.4, -0.2) is 36.9 Å². The summed E-state index contributed by atoms with van der Waals surface area (Å²) in [6.45, 7) is 4.35. The van der Waals surface area contributed by atoms with Gasteiger partial charge in [0.25, 0.3) is 0 Å². The molecule has 0 bridgehead atoms. The first kappa shape index (κ1) is 12.9. The standard InChI is InChI=1S/C12H26N2O/c1-2-11(10-15)13-8-9-14-12-6-4-3-5-7-12/h11-15H,2-10H2,1H3. The van der Waals surface area contributed by atoms with Crippen LogP contribution in [0.25, 0.3) is 0 Å². The molecule has 1 aliphatic carbocycles. The maximum Gasteiger partial charge on any atom is 0.0584 e. The highest BCUT2D eigenvalue weighted by molar-refractivity contribution is 4.72. The van der Waals surface area contributed by atoms with E-state index < -0.39 is 0 Å². The first-order valence-corrected chi connectivity index (χ1v) is 6.44. The van der Waals surface area contributed by atoms with Gasteiger partial charge in [-0.1, -0.05) is 26.2 Å². The van der Waals surface area contributed by atoms with Crippen LogP contribution in [0.1, 0.15) is 45.4 Å². The van der Waals surface area contributed by atoms with E-state index in [0.717, 1.165) is 25.6 Å². The summed E-state index contributed by atoms with van der Waals surface area (Å²) in [5.74, 6) is 0. The van der Waals surface area contributed by atoms with Crippen molar-refractivity contribution in [3.05, 3.63) is 0 Å². The van der Waals surface area contributed by atoms with Gasteiger partial charge in [-0.2, -0.15) is 0 Å². The van der Waals surface area contributed by atoms with Crippen molar-refractivity contribution in [2.24, 2.45) is 0 Å². The third kappa shape index (κ3) is 5.50. The van der Waals surface area contributed by atoms with Gasteiger partial charge >= 0.3 is 0 Å². The Morgan fingerprint density at radius 2 is 1.93 bits per heavy atom. The molecule has 1 saturated carbocycles. The van der Waals surface area contributed by atoms with Crippen molar-refractivity contribution in [2.45, 2.75) is 57.5 Å². The molecular weight excluding hydrogens is 188 g/mol. The van der Waals surface area contributed by atoms with E-state index in [4.69, 9.17) is 5.11 Å². The Balaban J connectivity index is 1.95. The van der Waals surface area contributed by atoms with Gasteiger partial charge in [0.15, 0.2) is 0 Å². The van der Waals surface area contributed by atoms with E-state index >= 15 is 0 Å². The van der Waals surface area contributed by atoms with E-state index in [0.29, 0.717) is 0 Å². The maximum absolute atomic E-state index is 8.99. The quantitative estimate of drug-likeness (QED) is 0.559. The summed E-state index contributed by atoms with van der Waals surface area (Å²) in [6, 6.07) is 1.02. The van der Waals surface area contributed by atoms with Crippen LogP contribution < -0.4 is 10.6 Å². The molecule has 3 N–H and O–H groups in total. The van der Waals surface area contributed by atoms with E-state index in [9.17, 15) is 0 Å². The zero-order valence-corrected chi connectivity index (χ0v) is 9.97. The molecule has 0 aliphatic heterocycles. The Hall–Kier alpha value is -0.120. The molecule has 1 rings (SSSR count). The van der Waals surface area contributed by atoms with Crippen LogP contribution >= 0.6 is 0 Å². The summed E-state index contributed by atoms with van der Waals surface area (Å²) in [5.41, 5.74) is 0. The van der Waals surface area contributed by atoms with E-state index in [1.54, 1.807) is 0 Å². The van der Waals surface area contributed by atoms with Crippen molar-refractivity contribution >= 4 is 0 Å². The Kier molecular flexibility index (Phi) is 6.98. The van der Waals surface area contributed by atoms with Crippen LogP contribution in [0.3, 0.4) is 0 Å². The molecule has 0 aromatic rings. The molecule has 0 saturated heterocycles. The number of hydrogen-bond acceptors (Lipinski definition) is 3. The summed E-state index contributed by atoms with van der Waals surface area (Å²) in [7, 11) is 0. The van der Waals surface area contributed by atoms with Crippen LogP contribution in [0.4, 0.5) is 0 Å². The number of rotatable bonds is 7. The molecule has 1 atom stereocenters. The molecule has 0 radical (unpaired) electrons. The summed E-state index contributed by atoms with van der Waals surface area (Å²) in [4.78, 5) is 0. The number of aliphatic hydroxyl groups is 1. The predicted molar refractivity (Wildman–Crippen MR) is 64.0 cm³/mol. The minimum atomic E-state index is 0.250. The van der Waals surface area contributed by atoms with Crippen molar-refractivity contribution in [2.75, 3.05) is 19.7 Å². The van der Waals surface area contributed by atoms with Crippen molar-refractivity contribution in [1.82, 2.24) is 10.6 Å². The lowest BCUT2D eigenvalue weighted by Gasteiger charge is -2.23. The second-order valence-electron chi connectivity index (χ2n) is 4.53. The highest BCUT2D eigenvalue weighted by Gasteiger charge is 2.11. The first-order valence-electron chi connectivity index (χ1n) is 6.44. The smallest absolute Gasteiger partial charge is 0.0584 e. The zero-order valence-electron chi connectivity index (χ0n) is 9.97. The van der Waals surface area contributed by atoms with Gasteiger partial charge in [-0.05, 0) is 19.3 Å². The largest absolute Gasteiger partial charge is 0.395 e. The van der Waals surface area contributed by atoms with E-state index in [-0.39, 0.29) is 12.6 Å². The second-order valence-corrected chi connectivity index (χ2v) is 4.53. The highest BCUT2D eigenvalue weighted by Crippen LogP contribution is 2.16. The molecule has 0 spiro atoms. The minimum absolute atomic E-state index is 0.250. The predicted octanol–water partition coefficient (Wildman–Crippen LogP) is 1.27. The van der Waals surface area contributed by atoms with Crippen LogP contribution in [-0.2, 0) is 0 Å². The lowest BCUT2D eigenvalue weighted by molar-refractivity contribution is 0.238. The molecule has 15 heavy (non-hydrogen) atoms. The molecule has 0 aromatic carbocycles. The molecule has 1 unspecified atom stereocenters. The van der Waals surface area contributed by atoms with Gasteiger partial charge in [-0.25, -0.2) is 0 Å². The van der Waals surface area contributed by atoms with E-state index in [2.05, 4.69) is 17.6 Å². The number of hydrogen-bond donors (Lipinski definition) is 3. The summed E-state index contributed by atoms with van der Waals surface area (Å²) in [6.07, 6.45) is 7.88. The zero-order chi connectivity index (χ0) is 10.9. The minimum Gasteiger partial charge on any atom is -0.395 e. The van der Waals surface area contributed by atoms with Gasteiger partial charge < -0.3 is 15.7 Å². The fraction of sp³-hybridized carbons (Fsp3) is 1.00. The lowest BCUT2D eigenvalue weighted by atomic mass is 9.95. The number of nitrogens with one attached hydrogen (secondary N) is 2. The molecule has 0 amide bonds. The SMILES string of the molecule is CCC(CO)NCCNC1CCCCC1. The van der Waals surface area contributed by atoms with E-state index in [1.807, 2.05) is 0 Å². The molecule has 3 heteroatoms. The van der Waals surface area contributed by atoms with E-state index in [1.165, 1.54) is 32.1 Å². The van der Waals surface area contributed by atoms with Crippen molar-refractivity contribution < 1.29 is 5.11 Å². The summed E-state index contributed by atoms with van der Waals surface area (Å²) >= 11 is 0. The van der Waals surface area contributed by atoms with Gasteiger partial charge in [0.05, 0.1) is 6.61 Å². The van der Waals surface area contributed by atoms with Gasteiger partial charge in [0.2, 0.25) is 0 Å². The van der Waals surface area contributed by atoms with Crippen molar-refractivity contribution in [3.8, 4) is 0 Å². The average Bonchev–Trinajstić information content (AvgIpc) is 2.31. The summed E-state index contributed by atoms with van der Waals surface area (Å²) < 4.78 is 0. The molecule has 3 nitrogen and oxygen atoms in total. The monoisotopic (exact) mass is 214 g/mol. The van der Waals surface area contributed by atoms with Crippen LogP contribution in [0.2, 0.25) is 0 Å². The van der Waals surface area contributed by atoms with Gasteiger partial charge in [-0.15, -0.1) is 0 Å². The Morgan fingerprint density at radius 1 is 1.20 bits per heavy atom. The third-order valence-corrected chi connectivity index (χ3v) is 3.31. The second kappa shape index (κ2) is 8.08. The van der Waals surface area contributed by atoms with Gasteiger partial charge in [-0.3, -0.25) is 0 Å². The Labute approximate surface area is 93.6 Å². The van der Waals surface area contributed by atoms with Crippen molar-refractivity contribution in [1.29, 1.82) is 0 Å². The Bertz CT molecular complexity index is 143.